The minimum atomic E-state index is 0.715. The Labute approximate surface area is 118 Å². The van der Waals surface area contributed by atoms with Gasteiger partial charge in [0.15, 0.2) is 16.3 Å². The number of aryl methyl sites for hydroxylation is 1. The second kappa shape index (κ2) is 6.10. The van der Waals surface area contributed by atoms with Crippen LogP contribution in [0.2, 0.25) is 0 Å². The van der Waals surface area contributed by atoms with Gasteiger partial charge in [0.2, 0.25) is 0 Å². The van der Waals surface area contributed by atoms with Gasteiger partial charge in [-0.1, -0.05) is 19.8 Å². The van der Waals surface area contributed by atoms with Crippen LogP contribution in [0.25, 0.3) is 11.0 Å². The Morgan fingerprint density at radius 2 is 1.84 bits per heavy atom. The molecule has 2 rings (SSSR count). The van der Waals surface area contributed by atoms with Gasteiger partial charge in [0.25, 0.3) is 0 Å². The average Bonchev–Trinajstić information content (AvgIpc) is 2.73. The minimum absolute atomic E-state index is 0.715. The van der Waals surface area contributed by atoms with Crippen LogP contribution < -0.4 is 9.47 Å². The molecule has 0 aliphatic carbocycles. The van der Waals surface area contributed by atoms with Gasteiger partial charge in [-0.05, 0) is 18.6 Å². The molecule has 1 N–H and O–H groups in total. The highest BCUT2D eigenvalue weighted by Crippen LogP contribution is 2.32. The van der Waals surface area contributed by atoms with Gasteiger partial charge in [-0.25, -0.2) is 0 Å². The zero-order valence-corrected chi connectivity index (χ0v) is 12.5. The molecule has 19 heavy (non-hydrogen) atoms. The maximum Gasteiger partial charge on any atom is 0.178 e. The normalized spacial score (nSPS) is 10.9. The highest BCUT2D eigenvalue weighted by molar-refractivity contribution is 7.71. The molecule has 0 aliphatic rings. The van der Waals surface area contributed by atoms with Gasteiger partial charge in [0.1, 0.15) is 0 Å². The summed E-state index contributed by atoms with van der Waals surface area (Å²) in [5.74, 6) is 1.44. The lowest BCUT2D eigenvalue weighted by atomic mass is 10.2. The largest absolute Gasteiger partial charge is 0.493 e. The predicted octanol–water partition coefficient (Wildman–Crippen LogP) is 3.91. The molecule has 0 fully saturated rings. The number of aromatic amines is 1. The van der Waals surface area contributed by atoms with Gasteiger partial charge >= 0.3 is 0 Å². The van der Waals surface area contributed by atoms with E-state index in [1.807, 2.05) is 12.1 Å². The molecule has 1 aromatic carbocycles. The van der Waals surface area contributed by atoms with E-state index in [9.17, 15) is 0 Å². The van der Waals surface area contributed by atoms with E-state index >= 15 is 0 Å². The number of fused-ring (bicyclic) bond motifs is 1. The number of hydrogen-bond acceptors (Lipinski definition) is 3. The number of rotatable bonds is 6. The maximum atomic E-state index is 5.39. The Morgan fingerprint density at radius 3 is 2.47 bits per heavy atom. The van der Waals surface area contributed by atoms with Crippen LogP contribution >= 0.6 is 12.2 Å². The first kappa shape index (κ1) is 13.9. The van der Waals surface area contributed by atoms with Crippen LogP contribution in [-0.4, -0.2) is 23.8 Å². The van der Waals surface area contributed by atoms with Crippen molar-refractivity contribution in [1.29, 1.82) is 0 Å². The lowest BCUT2D eigenvalue weighted by Gasteiger charge is -2.09. The molecular weight excluding hydrogens is 260 g/mol. The smallest absolute Gasteiger partial charge is 0.178 e. The molecule has 0 unspecified atom stereocenters. The van der Waals surface area contributed by atoms with Crippen molar-refractivity contribution in [3.63, 3.8) is 0 Å². The lowest BCUT2D eigenvalue weighted by Crippen LogP contribution is -1.98. The number of nitrogens with one attached hydrogen (secondary N) is 1. The van der Waals surface area contributed by atoms with Gasteiger partial charge in [0, 0.05) is 18.7 Å². The Balaban J connectivity index is 2.46. The third-order valence-corrected chi connectivity index (χ3v) is 3.59. The maximum absolute atomic E-state index is 5.39. The van der Waals surface area contributed by atoms with Crippen molar-refractivity contribution in [3.05, 3.63) is 16.9 Å². The average molecular weight is 280 g/mol. The van der Waals surface area contributed by atoms with E-state index in [-0.39, 0.29) is 0 Å². The first-order valence-corrected chi connectivity index (χ1v) is 6.96. The molecule has 104 valence electrons. The van der Waals surface area contributed by atoms with Crippen LogP contribution in [0, 0.1) is 4.77 Å². The van der Waals surface area contributed by atoms with Gasteiger partial charge in [-0.2, -0.15) is 0 Å². The van der Waals surface area contributed by atoms with Crippen LogP contribution in [0.1, 0.15) is 26.2 Å². The monoisotopic (exact) mass is 280 g/mol. The Kier molecular flexibility index (Phi) is 4.47. The Hall–Kier alpha value is -1.49. The topological polar surface area (TPSA) is 39.2 Å². The molecule has 1 aromatic heterocycles. The van der Waals surface area contributed by atoms with Crippen molar-refractivity contribution in [2.24, 2.45) is 0 Å². The quantitative estimate of drug-likeness (QED) is 0.644. The van der Waals surface area contributed by atoms with Crippen LogP contribution in [0.5, 0.6) is 11.5 Å². The summed E-state index contributed by atoms with van der Waals surface area (Å²) in [6, 6.07) is 3.91. The molecule has 0 aliphatic heterocycles. The minimum Gasteiger partial charge on any atom is -0.493 e. The van der Waals surface area contributed by atoms with Gasteiger partial charge < -0.3 is 19.0 Å². The second-order valence-corrected chi connectivity index (χ2v) is 4.90. The molecule has 0 atom stereocenters. The molecule has 4 nitrogen and oxygen atoms in total. The van der Waals surface area contributed by atoms with Gasteiger partial charge in [-0.15, -0.1) is 0 Å². The van der Waals surface area contributed by atoms with E-state index in [1.165, 1.54) is 12.8 Å². The first-order valence-electron chi connectivity index (χ1n) is 6.55. The molecule has 2 aromatic rings. The van der Waals surface area contributed by atoms with E-state index in [2.05, 4.69) is 16.5 Å². The fourth-order valence-corrected chi connectivity index (χ4v) is 2.53. The van der Waals surface area contributed by atoms with E-state index in [0.717, 1.165) is 34.5 Å². The van der Waals surface area contributed by atoms with Crippen LogP contribution in [0.3, 0.4) is 0 Å². The summed E-state index contributed by atoms with van der Waals surface area (Å²) < 4.78 is 13.5. The third-order valence-electron chi connectivity index (χ3n) is 3.26. The van der Waals surface area contributed by atoms with Gasteiger partial charge in [-0.3, -0.25) is 0 Å². The van der Waals surface area contributed by atoms with Crippen molar-refractivity contribution in [2.75, 3.05) is 14.2 Å². The van der Waals surface area contributed by atoms with Gasteiger partial charge in [0.05, 0.1) is 25.3 Å². The van der Waals surface area contributed by atoms with Crippen LogP contribution in [-0.2, 0) is 6.54 Å². The van der Waals surface area contributed by atoms with Crippen molar-refractivity contribution < 1.29 is 9.47 Å². The van der Waals surface area contributed by atoms with E-state index in [0.29, 0.717) is 5.75 Å². The number of ether oxygens (including phenoxy) is 2. The van der Waals surface area contributed by atoms with Crippen molar-refractivity contribution in [3.8, 4) is 11.5 Å². The van der Waals surface area contributed by atoms with Crippen molar-refractivity contribution in [2.45, 2.75) is 32.7 Å². The summed E-state index contributed by atoms with van der Waals surface area (Å²) in [6.45, 7) is 3.13. The molecule has 0 bridgehead atoms. The van der Waals surface area contributed by atoms with E-state index in [4.69, 9.17) is 21.7 Å². The van der Waals surface area contributed by atoms with Crippen LogP contribution in [0.15, 0.2) is 12.1 Å². The molecule has 0 amide bonds. The molecule has 0 saturated heterocycles. The highest BCUT2D eigenvalue weighted by atomic mass is 32.1. The number of nitrogens with zero attached hydrogens (tertiary/aromatic N) is 1. The number of hydrogen-bond donors (Lipinski definition) is 1. The number of imidazole rings is 1. The van der Waals surface area contributed by atoms with E-state index in [1.54, 1.807) is 14.2 Å². The Morgan fingerprint density at radius 1 is 1.16 bits per heavy atom. The number of unbranched alkanes of at least 4 members (excludes halogenated alkanes) is 2. The number of aromatic nitrogens is 2. The standard InChI is InChI=1S/C14H20N2O2S/c1-4-5-6-7-16-11-9-13(18-3)12(17-2)8-10(11)15-14(16)19/h8-9H,4-7H2,1-3H3,(H,15,19). The predicted molar refractivity (Wildman–Crippen MR) is 79.8 cm³/mol. The Bertz CT molecular complexity index is 616. The summed E-state index contributed by atoms with van der Waals surface area (Å²) in [7, 11) is 3.28. The molecule has 0 saturated carbocycles. The van der Waals surface area contributed by atoms with Crippen molar-refractivity contribution in [1.82, 2.24) is 9.55 Å². The number of methoxy groups -OCH3 is 2. The van der Waals surface area contributed by atoms with Crippen LogP contribution in [0.4, 0.5) is 0 Å². The zero-order valence-electron chi connectivity index (χ0n) is 11.7. The molecular formula is C14H20N2O2S. The zero-order chi connectivity index (χ0) is 13.8. The molecule has 0 radical (unpaired) electrons. The SMILES string of the molecule is CCCCCn1c(=S)[nH]c2cc(OC)c(OC)cc21. The highest BCUT2D eigenvalue weighted by Gasteiger charge is 2.10. The first-order chi connectivity index (χ1) is 9.21. The molecule has 1 heterocycles. The summed E-state index contributed by atoms with van der Waals surface area (Å²) >= 11 is 5.39. The third kappa shape index (κ3) is 2.76. The fraction of sp³-hybridized carbons (Fsp3) is 0.500. The summed E-state index contributed by atoms with van der Waals surface area (Å²) in [6.07, 6.45) is 3.54. The second-order valence-electron chi connectivity index (χ2n) is 4.51. The lowest BCUT2D eigenvalue weighted by molar-refractivity contribution is 0.355. The summed E-state index contributed by atoms with van der Waals surface area (Å²) in [4.78, 5) is 3.22. The molecule has 0 spiro atoms. The molecule has 5 heteroatoms. The fourth-order valence-electron chi connectivity index (χ4n) is 2.23. The number of benzene rings is 1. The number of H-pyrrole nitrogens is 1. The summed E-state index contributed by atoms with van der Waals surface area (Å²) in [5, 5.41) is 0. The van der Waals surface area contributed by atoms with Crippen molar-refractivity contribution >= 4 is 23.3 Å². The van der Waals surface area contributed by atoms with E-state index < -0.39 is 0 Å². The summed E-state index contributed by atoms with van der Waals surface area (Å²) in [5.41, 5.74) is 2.05.